The summed E-state index contributed by atoms with van der Waals surface area (Å²) in [5.41, 5.74) is 3.19. The molecule has 0 saturated heterocycles. The van der Waals surface area contributed by atoms with Gasteiger partial charge < -0.3 is 15.2 Å². The molecule has 0 aliphatic carbocycles. The number of hydrogen-bond donors (Lipinski definition) is 2. The van der Waals surface area contributed by atoms with Crippen molar-refractivity contribution in [2.24, 2.45) is 0 Å². The van der Waals surface area contributed by atoms with Crippen LogP contribution in [0.4, 0.5) is 5.69 Å². The van der Waals surface area contributed by atoms with Crippen molar-refractivity contribution >= 4 is 17.5 Å². The molecule has 0 radical (unpaired) electrons. The number of hydrogen-bond acceptors (Lipinski definition) is 4. The summed E-state index contributed by atoms with van der Waals surface area (Å²) in [5, 5.41) is 13.2. The van der Waals surface area contributed by atoms with E-state index < -0.39 is 0 Å². The van der Waals surface area contributed by atoms with Crippen LogP contribution >= 0.6 is 0 Å². The fraction of sp³-hybridized carbons (Fsp3) is 0.286. The van der Waals surface area contributed by atoms with E-state index in [1.165, 1.54) is 6.08 Å². The van der Waals surface area contributed by atoms with Crippen molar-refractivity contribution < 1.29 is 14.6 Å². The first-order valence-corrected chi connectivity index (χ1v) is 8.46. The molecule has 0 atom stereocenters. The molecule has 0 unspecified atom stereocenters. The van der Waals surface area contributed by atoms with Crippen LogP contribution in [0.2, 0.25) is 0 Å². The van der Waals surface area contributed by atoms with E-state index in [0.717, 1.165) is 16.8 Å². The molecule has 0 saturated carbocycles. The van der Waals surface area contributed by atoms with Gasteiger partial charge in [-0.05, 0) is 60.9 Å². The van der Waals surface area contributed by atoms with E-state index in [2.05, 4.69) is 5.32 Å². The Hall–Kier alpha value is -2.75. The predicted octanol–water partition coefficient (Wildman–Crippen LogP) is 4.85. The van der Waals surface area contributed by atoms with Gasteiger partial charge in [-0.3, -0.25) is 4.79 Å². The second-order valence-electron chi connectivity index (χ2n) is 6.06. The summed E-state index contributed by atoms with van der Waals surface area (Å²) in [6, 6.07) is 10.8. The van der Waals surface area contributed by atoms with Gasteiger partial charge in [0.25, 0.3) is 0 Å². The molecular formula is C21H25NO3. The minimum absolute atomic E-state index is 0.0794. The van der Waals surface area contributed by atoms with E-state index in [0.29, 0.717) is 17.9 Å². The van der Waals surface area contributed by atoms with Gasteiger partial charge in [0.05, 0.1) is 6.61 Å². The van der Waals surface area contributed by atoms with Crippen LogP contribution in [0.15, 0.2) is 42.5 Å². The average Bonchev–Trinajstić information content (AvgIpc) is 2.60. The van der Waals surface area contributed by atoms with Crippen molar-refractivity contribution in [3.63, 3.8) is 0 Å². The van der Waals surface area contributed by atoms with Crippen LogP contribution < -0.4 is 10.1 Å². The third-order valence-corrected chi connectivity index (χ3v) is 3.95. The number of nitrogens with one attached hydrogen (secondary N) is 1. The first-order chi connectivity index (χ1) is 12.0. The molecule has 0 bridgehead atoms. The topological polar surface area (TPSA) is 58.6 Å². The third-order valence-electron chi connectivity index (χ3n) is 3.95. The molecular weight excluding hydrogens is 314 g/mol. The van der Waals surface area contributed by atoms with E-state index in [9.17, 15) is 9.90 Å². The van der Waals surface area contributed by atoms with E-state index in [1.807, 2.05) is 46.0 Å². The van der Waals surface area contributed by atoms with Crippen LogP contribution in [0.1, 0.15) is 48.2 Å². The highest BCUT2D eigenvalue weighted by Gasteiger charge is 2.12. The van der Waals surface area contributed by atoms with Crippen molar-refractivity contribution in [3.05, 3.63) is 59.2 Å². The first kappa shape index (κ1) is 18.6. The summed E-state index contributed by atoms with van der Waals surface area (Å²) < 4.78 is 5.59. The highest BCUT2D eigenvalue weighted by Crippen LogP contribution is 2.33. The number of phenolic OH excluding ortho intramolecular Hbond substituents is 1. The van der Waals surface area contributed by atoms with Gasteiger partial charge in [-0.2, -0.15) is 0 Å². The molecule has 4 heteroatoms. The fourth-order valence-corrected chi connectivity index (χ4v) is 2.54. The molecule has 25 heavy (non-hydrogen) atoms. The Morgan fingerprint density at radius 1 is 1.24 bits per heavy atom. The molecule has 2 aromatic carbocycles. The fourth-order valence-electron chi connectivity index (χ4n) is 2.54. The molecule has 4 nitrogen and oxygen atoms in total. The van der Waals surface area contributed by atoms with Crippen LogP contribution in [-0.4, -0.2) is 24.5 Å². The summed E-state index contributed by atoms with van der Waals surface area (Å²) in [6.07, 6.45) is 3.28. The van der Waals surface area contributed by atoms with Crippen molar-refractivity contribution in [3.8, 4) is 11.5 Å². The smallest absolute Gasteiger partial charge is 0.185 e. The van der Waals surface area contributed by atoms with Crippen molar-refractivity contribution in [1.82, 2.24) is 0 Å². The molecule has 0 amide bonds. The van der Waals surface area contributed by atoms with Crippen LogP contribution in [0, 0.1) is 0 Å². The number of allylic oxidation sites excluding steroid dienone is 1. The Morgan fingerprint density at radius 3 is 2.48 bits per heavy atom. The normalized spacial score (nSPS) is 11.1. The minimum atomic E-state index is -0.0794. The lowest BCUT2D eigenvalue weighted by Crippen LogP contribution is -1.98. The first-order valence-electron chi connectivity index (χ1n) is 8.46. The maximum absolute atomic E-state index is 12.4. The molecule has 0 aromatic heterocycles. The Morgan fingerprint density at radius 2 is 1.92 bits per heavy atom. The van der Waals surface area contributed by atoms with Gasteiger partial charge in [0.1, 0.15) is 11.5 Å². The number of aromatic hydroxyl groups is 1. The highest BCUT2D eigenvalue weighted by atomic mass is 16.5. The molecule has 2 N–H and O–H groups in total. The molecule has 0 heterocycles. The third kappa shape index (κ3) is 4.63. The molecule has 2 rings (SSSR count). The second kappa shape index (κ2) is 8.38. The summed E-state index contributed by atoms with van der Waals surface area (Å²) in [6.45, 7) is 6.39. The number of anilines is 1. The Labute approximate surface area is 149 Å². The summed E-state index contributed by atoms with van der Waals surface area (Å²) in [4.78, 5) is 12.4. The Balaban J connectivity index is 2.31. The zero-order valence-corrected chi connectivity index (χ0v) is 15.2. The number of rotatable bonds is 7. The lowest BCUT2D eigenvalue weighted by Gasteiger charge is -2.14. The monoisotopic (exact) mass is 339 g/mol. The molecule has 0 aliphatic heterocycles. The maximum atomic E-state index is 12.4. The van der Waals surface area contributed by atoms with E-state index >= 15 is 0 Å². The zero-order valence-electron chi connectivity index (χ0n) is 15.2. The molecule has 0 aliphatic rings. The van der Waals surface area contributed by atoms with Crippen LogP contribution in [-0.2, 0) is 0 Å². The number of ether oxygens (including phenoxy) is 1. The second-order valence-corrected chi connectivity index (χ2v) is 6.06. The van der Waals surface area contributed by atoms with Crippen LogP contribution in [0.5, 0.6) is 11.5 Å². The van der Waals surface area contributed by atoms with Gasteiger partial charge in [-0.15, -0.1) is 0 Å². The molecule has 2 aromatic rings. The number of benzene rings is 2. The predicted molar refractivity (Wildman–Crippen MR) is 103 cm³/mol. The quantitative estimate of drug-likeness (QED) is 0.559. The van der Waals surface area contributed by atoms with Gasteiger partial charge in [-0.25, -0.2) is 0 Å². The number of carbonyl (C=O) groups is 1. The minimum Gasteiger partial charge on any atom is -0.508 e. The van der Waals surface area contributed by atoms with Gasteiger partial charge in [-0.1, -0.05) is 13.8 Å². The standard InChI is InChI=1S/C21H25NO3/c1-5-25-21-13-20(24)18(14(2)3)12-16(21)8-11-19(23)15-6-9-17(22-4)10-7-15/h6-14,22,24H,5H2,1-4H3. The Kier molecular flexibility index (Phi) is 6.23. The van der Waals surface area contributed by atoms with E-state index in [-0.39, 0.29) is 17.5 Å². The highest BCUT2D eigenvalue weighted by molar-refractivity contribution is 6.07. The average molecular weight is 339 g/mol. The van der Waals surface area contributed by atoms with Gasteiger partial charge in [0.15, 0.2) is 5.78 Å². The summed E-state index contributed by atoms with van der Waals surface area (Å²) in [7, 11) is 1.84. The van der Waals surface area contributed by atoms with Crippen molar-refractivity contribution in [2.75, 3.05) is 19.0 Å². The van der Waals surface area contributed by atoms with Crippen molar-refractivity contribution in [2.45, 2.75) is 26.7 Å². The number of carbonyl (C=O) groups excluding carboxylic acids is 1. The molecule has 0 spiro atoms. The van der Waals surface area contributed by atoms with Gasteiger partial charge >= 0.3 is 0 Å². The Bertz CT molecular complexity index is 761. The summed E-state index contributed by atoms with van der Waals surface area (Å²) in [5.74, 6) is 0.875. The van der Waals surface area contributed by atoms with Gasteiger partial charge in [0, 0.05) is 29.9 Å². The van der Waals surface area contributed by atoms with Gasteiger partial charge in [0.2, 0.25) is 0 Å². The number of phenols is 1. The number of ketones is 1. The largest absolute Gasteiger partial charge is 0.508 e. The molecule has 132 valence electrons. The van der Waals surface area contributed by atoms with Crippen molar-refractivity contribution in [1.29, 1.82) is 0 Å². The lowest BCUT2D eigenvalue weighted by molar-refractivity contribution is 0.104. The van der Waals surface area contributed by atoms with Crippen LogP contribution in [0.25, 0.3) is 6.08 Å². The maximum Gasteiger partial charge on any atom is 0.185 e. The van der Waals surface area contributed by atoms with E-state index in [4.69, 9.17) is 4.74 Å². The summed E-state index contributed by atoms with van der Waals surface area (Å²) >= 11 is 0. The zero-order chi connectivity index (χ0) is 18.4. The van der Waals surface area contributed by atoms with Crippen LogP contribution in [0.3, 0.4) is 0 Å². The van der Waals surface area contributed by atoms with E-state index in [1.54, 1.807) is 24.3 Å². The SMILES string of the molecule is CCOc1cc(O)c(C(C)C)cc1C=CC(=O)c1ccc(NC)cc1. The molecule has 0 fully saturated rings. The lowest BCUT2D eigenvalue weighted by atomic mass is 9.98.